The van der Waals surface area contributed by atoms with Crippen molar-refractivity contribution < 1.29 is 24.2 Å². The van der Waals surface area contributed by atoms with Gasteiger partial charge >= 0.3 is 0 Å². The van der Waals surface area contributed by atoms with Crippen molar-refractivity contribution in [2.45, 2.75) is 55.2 Å². The van der Waals surface area contributed by atoms with Crippen LogP contribution in [0.15, 0.2) is 54.6 Å². The maximum atomic E-state index is 13.9. The largest absolute Gasteiger partial charge is 0.494 e. The second-order valence-electron chi connectivity index (χ2n) is 10.5. The molecule has 2 unspecified atom stereocenters. The van der Waals surface area contributed by atoms with Gasteiger partial charge in [0.05, 0.1) is 23.2 Å². The number of hydrogen-bond donors (Lipinski definition) is 3. The summed E-state index contributed by atoms with van der Waals surface area (Å²) in [6.07, 6.45) is 1.82. The SMILES string of the molecule is CCOc1ccc(NC(=O)[C@H]2[C@H]3C(=O)N(CCCO)C(C(=O)NCc4ccccc4)C34CC[C@]2(C)S4)cc1. The molecular weight excluding hydrogens is 502 g/mol. The van der Waals surface area contributed by atoms with Gasteiger partial charge in [0.25, 0.3) is 0 Å². The van der Waals surface area contributed by atoms with Crippen LogP contribution in [0.5, 0.6) is 5.75 Å². The number of anilines is 1. The Labute approximate surface area is 227 Å². The van der Waals surface area contributed by atoms with E-state index in [4.69, 9.17) is 4.74 Å². The molecule has 0 aromatic heterocycles. The molecule has 0 aliphatic carbocycles. The number of carbonyl (C=O) groups is 3. The normalized spacial score (nSPS) is 29.3. The lowest BCUT2D eigenvalue weighted by Gasteiger charge is -2.34. The number of nitrogens with zero attached hydrogens (tertiary/aromatic N) is 1. The van der Waals surface area contributed by atoms with Crippen molar-refractivity contribution in [2.24, 2.45) is 11.8 Å². The standard InChI is InChI=1S/C29H35N3O5S/c1-3-37-21-12-10-20(11-13-21)31-25(34)22-23-27(36)32(16-7-17-33)24(29(23)15-14-28(22,2)38-29)26(35)30-18-19-8-5-4-6-9-19/h4-6,8-13,22-24,33H,3,7,14-18H2,1-2H3,(H,30,35)(H,31,34)/t22-,23+,24?,28+,29?/m1/s1. The first-order chi connectivity index (χ1) is 18.3. The van der Waals surface area contributed by atoms with Gasteiger partial charge in [-0.25, -0.2) is 0 Å². The van der Waals surface area contributed by atoms with Crippen molar-refractivity contribution in [3.8, 4) is 5.75 Å². The number of amides is 3. The van der Waals surface area contributed by atoms with Crippen molar-refractivity contribution in [3.63, 3.8) is 0 Å². The van der Waals surface area contributed by atoms with E-state index in [1.54, 1.807) is 28.8 Å². The van der Waals surface area contributed by atoms with E-state index in [2.05, 4.69) is 17.6 Å². The number of hydrogen-bond acceptors (Lipinski definition) is 6. The van der Waals surface area contributed by atoms with Gasteiger partial charge in [0.15, 0.2) is 0 Å². The lowest BCUT2D eigenvalue weighted by molar-refractivity contribution is -0.139. The fourth-order valence-corrected chi connectivity index (χ4v) is 8.87. The van der Waals surface area contributed by atoms with Crippen LogP contribution in [0.1, 0.15) is 38.7 Å². The van der Waals surface area contributed by atoms with E-state index in [9.17, 15) is 19.5 Å². The van der Waals surface area contributed by atoms with Gasteiger partial charge < -0.3 is 25.4 Å². The van der Waals surface area contributed by atoms with Gasteiger partial charge in [0, 0.05) is 30.1 Å². The molecule has 1 spiro atoms. The fraction of sp³-hybridized carbons (Fsp3) is 0.483. The second-order valence-corrected chi connectivity index (χ2v) is 12.4. The van der Waals surface area contributed by atoms with Gasteiger partial charge in [-0.3, -0.25) is 14.4 Å². The average Bonchev–Trinajstić information content (AvgIpc) is 3.48. The Bertz CT molecular complexity index is 1190. The minimum Gasteiger partial charge on any atom is -0.494 e. The van der Waals surface area contributed by atoms with Gasteiger partial charge in [-0.05, 0) is 62.9 Å². The highest BCUT2D eigenvalue weighted by Gasteiger charge is 2.76. The molecule has 38 heavy (non-hydrogen) atoms. The van der Waals surface area contributed by atoms with Crippen molar-refractivity contribution in [2.75, 3.05) is 25.1 Å². The molecule has 0 radical (unpaired) electrons. The quantitative estimate of drug-likeness (QED) is 0.430. The molecule has 0 saturated carbocycles. The number of thioether (sulfide) groups is 1. The van der Waals surface area contributed by atoms with Crippen LogP contribution in [0.3, 0.4) is 0 Å². The molecule has 2 aromatic carbocycles. The van der Waals surface area contributed by atoms with E-state index in [0.717, 1.165) is 17.7 Å². The zero-order chi connectivity index (χ0) is 26.9. The molecule has 5 atom stereocenters. The summed E-state index contributed by atoms with van der Waals surface area (Å²) in [4.78, 5) is 43.0. The number of carbonyl (C=O) groups excluding carboxylic acids is 3. The molecule has 2 aromatic rings. The summed E-state index contributed by atoms with van der Waals surface area (Å²) in [5.74, 6) is -1.00. The molecule has 3 saturated heterocycles. The predicted octanol–water partition coefficient (Wildman–Crippen LogP) is 3.20. The first-order valence-corrected chi connectivity index (χ1v) is 14.1. The average molecular weight is 538 g/mol. The van der Waals surface area contributed by atoms with Crippen LogP contribution in [0.2, 0.25) is 0 Å². The smallest absolute Gasteiger partial charge is 0.244 e. The Hall–Kier alpha value is -3.04. The molecule has 8 nitrogen and oxygen atoms in total. The molecular formula is C29H35N3O5S. The zero-order valence-electron chi connectivity index (χ0n) is 21.8. The molecule has 9 heteroatoms. The first kappa shape index (κ1) is 26.6. The summed E-state index contributed by atoms with van der Waals surface area (Å²) in [6, 6.07) is 16.2. The van der Waals surface area contributed by atoms with Crippen LogP contribution in [-0.2, 0) is 20.9 Å². The van der Waals surface area contributed by atoms with E-state index >= 15 is 0 Å². The van der Waals surface area contributed by atoms with E-state index in [-0.39, 0.29) is 30.9 Å². The molecule has 3 aliphatic rings. The van der Waals surface area contributed by atoms with Crippen LogP contribution in [0, 0.1) is 11.8 Å². The van der Waals surface area contributed by atoms with Crippen molar-refractivity contribution >= 4 is 35.2 Å². The Kier molecular flexibility index (Phi) is 7.42. The van der Waals surface area contributed by atoms with E-state index < -0.39 is 27.4 Å². The number of likely N-dealkylation sites (tertiary alicyclic amines) is 1. The van der Waals surface area contributed by atoms with E-state index in [1.807, 2.05) is 49.4 Å². The van der Waals surface area contributed by atoms with Crippen LogP contribution in [0.4, 0.5) is 5.69 Å². The third kappa shape index (κ3) is 4.56. The number of aliphatic hydroxyl groups excluding tert-OH is 1. The molecule has 202 valence electrons. The molecule has 3 N–H and O–H groups in total. The number of benzene rings is 2. The van der Waals surface area contributed by atoms with Gasteiger partial charge in [0.1, 0.15) is 11.8 Å². The van der Waals surface area contributed by atoms with Crippen LogP contribution in [0.25, 0.3) is 0 Å². The number of fused-ring (bicyclic) bond motifs is 1. The first-order valence-electron chi connectivity index (χ1n) is 13.3. The van der Waals surface area contributed by atoms with Gasteiger partial charge in [-0.1, -0.05) is 30.3 Å². The zero-order valence-corrected chi connectivity index (χ0v) is 22.6. The van der Waals surface area contributed by atoms with Crippen LogP contribution in [-0.4, -0.2) is 63.0 Å². The van der Waals surface area contributed by atoms with E-state index in [0.29, 0.717) is 31.7 Å². The molecule has 5 rings (SSSR count). The van der Waals surface area contributed by atoms with Crippen molar-refractivity contribution in [1.29, 1.82) is 0 Å². The van der Waals surface area contributed by atoms with Gasteiger partial charge in [-0.15, -0.1) is 11.8 Å². The maximum absolute atomic E-state index is 13.9. The molecule has 3 amide bonds. The number of ether oxygens (including phenoxy) is 1. The van der Waals surface area contributed by atoms with Crippen LogP contribution < -0.4 is 15.4 Å². The monoisotopic (exact) mass is 537 g/mol. The minimum absolute atomic E-state index is 0.0771. The maximum Gasteiger partial charge on any atom is 0.244 e. The Morgan fingerprint density at radius 2 is 1.84 bits per heavy atom. The number of rotatable bonds is 10. The summed E-state index contributed by atoms with van der Waals surface area (Å²) >= 11 is 1.64. The summed E-state index contributed by atoms with van der Waals surface area (Å²) in [5.41, 5.74) is 1.62. The lowest BCUT2D eigenvalue weighted by atomic mass is 9.66. The summed E-state index contributed by atoms with van der Waals surface area (Å²) in [7, 11) is 0. The topological polar surface area (TPSA) is 108 Å². The summed E-state index contributed by atoms with van der Waals surface area (Å²) in [5, 5.41) is 15.6. The Morgan fingerprint density at radius 1 is 1.11 bits per heavy atom. The van der Waals surface area contributed by atoms with E-state index in [1.165, 1.54) is 0 Å². The highest BCUT2D eigenvalue weighted by atomic mass is 32.2. The molecule has 3 fully saturated rings. The molecule has 2 bridgehead atoms. The molecule has 3 aliphatic heterocycles. The second kappa shape index (κ2) is 10.6. The predicted molar refractivity (Wildman–Crippen MR) is 147 cm³/mol. The summed E-state index contributed by atoms with van der Waals surface area (Å²) < 4.78 is 4.37. The minimum atomic E-state index is -0.689. The number of aliphatic hydroxyl groups is 1. The Morgan fingerprint density at radius 3 is 2.53 bits per heavy atom. The highest BCUT2D eigenvalue weighted by molar-refractivity contribution is 8.02. The third-order valence-electron chi connectivity index (χ3n) is 8.11. The van der Waals surface area contributed by atoms with Gasteiger partial charge in [0.2, 0.25) is 17.7 Å². The van der Waals surface area contributed by atoms with Crippen LogP contribution >= 0.6 is 11.8 Å². The van der Waals surface area contributed by atoms with Crippen molar-refractivity contribution in [1.82, 2.24) is 10.2 Å². The highest BCUT2D eigenvalue weighted by Crippen LogP contribution is 2.71. The third-order valence-corrected chi connectivity index (χ3v) is 10.1. The number of nitrogens with one attached hydrogen (secondary N) is 2. The summed E-state index contributed by atoms with van der Waals surface area (Å²) in [6.45, 7) is 5.09. The van der Waals surface area contributed by atoms with Gasteiger partial charge in [-0.2, -0.15) is 0 Å². The molecule has 3 heterocycles. The van der Waals surface area contributed by atoms with Crippen molar-refractivity contribution in [3.05, 3.63) is 60.2 Å². The fourth-order valence-electron chi connectivity index (χ4n) is 6.51. The Balaban J connectivity index is 1.41. The lowest BCUT2D eigenvalue weighted by Crippen LogP contribution is -2.53.